The number of aryl methyl sites for hydroxylation is 1. The van der Waals surface area contributed by atoms with E-state index < -0.39 is 5.41 Å². The summed E-state index contributed by atoms with van der Waals surface area (Å²) in [4.78, 5) is 17.2. The molecule has 9 nitrogen and oxygen atoms in total. The smallest absolute Gasteiger partial charge is 0.237 e. The van der Waals surface area contributed by atoms with Crippen molar-refractivity contribution in [2.45, 2.75) is 38.0 Å². The third-order valence-corrected chi connectivity index (χ3v) is 7.22. The zero-order valence-electron chi connectivity index (χ0n) is 17.4. The van der Waals surface area contributed by atoms with Crippen LogP contribution in [0.1, 0.15) is 48.1 Å². The zero-order valence-corrected chi connectivity index (χ0v) is 18.2. The number of fused-ring (bicyclic) bond motifs is 1. The van der Waals surface area contributed by atoms with Crippen molar-refractivity contribution in [3.8, 4) is 17.6 Å². The van der Waals surface area contributed by atoms with Gasteiger partial charge in [-0.1, -0.05) is 5.16 Å². The maximum Gasteiger partial charge on any atom is 0.237 e. The molecule has 10 heteroatoms. The minimum atomic E-state index is -0.537. The van der Waals surface area contributed by atoms with E-state index in [2.05, 4.69) is 33.4 Å². The summed E-state index contributed by atoms with van der Waals surface area (Å²) in [5.74, 6) is 1.61. The molecule has 4 heterocycles. The van der Waals surface area contributed by atoms with E-state index in [-0.39, 0.29) is 0 Å². The topological polar surface area (TPSA) is 130 Å². The fraction of sp³-hybridized carbons (Fsp3) is 0.476. The molecular formula is C21H24N8OS. The Bertz CT molecular complexity index is 1140. The van der Waals surface area contributed by atoms with Crippen LogP contribution in [-0.4, -0.2) is 46.3 Å². The highest BCUT2D eigenvalue weighted by Gasteiger charge is 2.43. The fourth-order valence-corrected chi connectivity index (χ4v) is 5.72. The Kier molecular flexibility index (Phi) is 5.08. The van der Waals surface area contributed by atoms with Crippen LogP contribution in [0.15, 0.2) is 16.8 Å². The highest BCUT2D eigenvalue weighted by molar-refractivity contribution is 7.16. The number of nitrogens with one attached hydrogen (secondary N) is 1. The molecule has 0 radical (unpaired) electrons. The number of nitrogens with zero attached hydrogens (tertiary/aromatic N) is 6. The molecule has 0 saturated carbocycles. The Morgan fingerprint density at radius 2 is 2.19 bits per heavy atom. The molecule has 0 aromatic carbocycles. The molecule has 1 saturated heterocycles. The van der Waals surface area contributed by atoms with Gasteiger partial charge in [-0.15, -0.1) is 11.3 Å². The summed E-state index contributed by atoms with van der Waals surface area (Å²) in [5.41, 5.74) is 7.71. The first-order valence-corrected chi connectivity index (χ1v) is 11.4. The van der Waals surface area contributed by atoms with Crippen LogP contribution in [0.4, 0.5) is 10.9 Å². The lowest BCUT2D eigenvalue weighted by Gasteiger charge is -2.30. The number of rotatable bonds is 3. The molecule has 3 aromatic rings. The maximum atomic E-state index is 9.68. The molecule has 0 bridgehead atoms. The summed E-state index contributed by atoms with van der Waals surface area (Å²) < 4.78 is 5.74. The van der Waals surface area contributed by atoms with Gasteiger partial charge >= 0.3 is 0 Å². The van der Waals surface area contributed by atoms with Crippen molar-refractivity contribution in [1.29, 1.82) is 5.26 Å². The van der Waals surface area contributed by atoms with Crippen LogP contribution in [0.25, 0.3) is 11.5 Å². The highest BCUT2D eigenvalue weighted by Crippen LogP contribution is 2.48. The van der Waals surface area contributed by atoms with Crippen LogP contribution in [0.5, 0.6) is 0 Å². The molecule has 0 unspecified atom stereocenters. The lowest BCUT2D eigenvalue weighted by molar-refractivity contribution is 0.300. The van der Waals surface area contributed by atoms with Crippen LogP contribution >= 0.6 is 11.3 Å². The third-order valence-electron chi connectivity index (χ3n) is 6.15. The number of hydrogen-bond acceptors (Lipinski definition) is 10. The molecule has 0 spiro atoms. The van der Waals surface area contributed by atoms with Crippen molar-refractivity contribution >= 4 is 22.3 Å². The quantitative estimate of drug-likeness (QED) is 0.636. The van der Waals surface area contributed by atoms with Crippen LogP contribution < -0.4 is 16.0 Å². The minimum Gasteiger partial charge on any atom is -0.389 e. The lowest BCUT2D eigenvalue weighted by atomic mass is 9.72. The molecule has 2 aliphatic rings. The Morgan fingerprint density at radius 3 is 3.06 bits per heavy atom. The lowest BCUT2D eigenvalue weighted by Crippen LogP contribution is -2.29. The van der Waals surface area contributed by atoms with E-state index in [4.69, 9.17) is 20.2 Å². The zero-order chi connectivity index (χ0) is 21.4. The van der Waals surface area contributed by atoms with E-state index in [1.807, 2.05) is 0 Å². The Hall–Kier alpha value is -3.03. The number of nitrogen functional groups attached to an aromatic ring is 1. The van der Waals surface area contributed by atoms with E-state index >= 15 is 0 Å². The largest absolute Gasteiger partial charge is 0.389 e. The van der Waals surface area contributed by atoms with Gasteiger partial charge in [-0.25, -0.2) is 9.97 Å². The third kappa shape index (κ3) is 3.43. The van der Waals surface area contributed by atoms with Gasteiger partial charge in [0.2, 0.25) is 17.7 Å². The van der Waals surface area contributed by atoms with Gasteiger partial charge in [0.1, 0.15) is 16.8 Å². The number of hydrogen-bond donors (Lipinski definition) is 2. The SMILES string of the molecule is C[C@]1(c2nc(-c3ccnc(N4CCCNCC4)n3)no2)CCCc2sc(N)c(C#N)c21. The van der Waals surface area contributed by atoms with Gasteiger partial charge < -0.3 is 20.5 Å². The van der Waals surface area contributed by atoms with Crippen molar-refractivity contribution in [3.63, 3.8) is 0 Å². The first-order valence-electron chi connectivity index (χ1n) is 10.5. The molecule has 3 aromatic heterocycles. The number of anilines is 2. The summed E-state index contributed by atoms with van der Waals surface area (Å²) in [6.07, 6.45) is 5.50. The normalized spacial score (nSPS) is 21.4. The first-order chi connectivity index (χ1) is 15.1. The molecule has 1 aliphatic heterocycles. The van der Waals surface area contributed by atoms with Gasteiger partial charge in [0.05, 0.1) is 11.0 Å². The molecule has 0 amide bonds. The number of nitriles is 1. The van der Waals surface area contributed by atoms with Crippen LogP contribution in [-0.2, 0) is 11.8 Å². The van der Waals surface area contributed by atoms with Crippen LogP contribution in [0.2, 0.25) is 0 Å². The minimum absolute atomic E-state index is 0.432. The van der Waals surface area contributed by atoms with Gasteiger partial charge in [0, 0.05) is 36.3 Å². The van der Waals surface area contributed by atoms with E-state index in [9.17, 15) is 5.26 Å². The van der Waals surface area contributed by atoms with Crippen molar-refractivity contribution < 1.29 is 4.52 Å². The molecule has 1 aliphatic carbocycles. The molecule has 1 fully saturated rings. The molecule has 31 heavy (non-hydrogen) atoms. The second-order valence-corrected chi connectivity index (χ2v) is 9.33. The second kappa shape index (κ2) is 7.90. The van der Waals surface area contributed by atoms with Gasteiger partial charge in [-0.2, -0.15) is 10.2 Å². The first kappa shape index (κ1) is 19.9. The van der Waals surface area contributed by atoms with Crippen LogP contribution in [0.3, 0.4) is 0 Å². The van der Waals surface area contributed by atoms with Gasteiger partial charge in [0.15, 0.2) is 0 Å². The molecule has 1 atom stereocenters. The van der Waals surface area contributed by atoms with E-state index in [0.717, 1.165) is 62.3 Å². The number of aromatic nitrogens is 4. The average molecular weight is 437 g/mol. The Labute approximate surface area is 184 Å². The van der Waals surface area contributed by atoms with Gasteiger partial charge in [-0.05, 0) is 45.2 Å². The molecular weight excluding hydrogens is 412 g/mol. The fourth-order valence-electron chi connectivity index (χ4n) is 4.53. The van der Waals surface area contributed by atoms with Crippen LogP contribution in [0, 0.1) is 11.3 Å². The summed E-state index contributed by atoms with van der Waals surface area (Å²) in [5, 5.41) is 17.9. The van der Waals surface area contributed by atoms with E-state index in [0.29, 0.717) is 33.9 Å². The second-order valence-electron chi connectivity index (χ2n) is 8.19. The predicted molar refractivity (Wildman–Crippen MR) is 118 cm³/mol. The average Bonchev–Trinajstić information content (AvgIpc) is 3.30. The summed E-state index contributed by atoms with van der Waals surface area (Å²) >= 11 is 1.50. The highest BCUT2D eigenvalue weighted by atomic mass is 32.1. The van der Waals surface area contributed by atoms with Crippen molar-refractivity contribution in [3.05, 3.63) is 34.2 Å². The van der Waals surface area contributed by atoms with E-state index in [1.54, 1.807) is 12.3 Å². The van der Waals surface area contributed by atoms with Gasteiger partial charge in [-0.3, -0.25) is 0 Å². The van der Waals surface area contributed by atoms with Crippen molar-refractivity contribution in [2.24, 2.45) is 0 Å². The monoisotopic (exact) mass is 436 g/mol. The maximum absolute atomic E-state index is 9.68. The number of thiophene rings is 1. The summed E-state index contributed by atoms with van der Waals surface area (Å²) in [7, 11) is 0. The van der Waals surface area contributed by atoms with E-state index in [1.165, 1.54) is 11.3 Å². The molecule has 160 valence electrons. The van der Waals surface area contributed by atoms with Crippen molar-refractivity contribution in [2.75, 3.05) is 36.8 Å². The number of nitrogens with two attached hydrogens (primary N) is 1. The summed E-state index contributed by atoms with van der Waals surface area (Å²) in [6.45, 7) is 5.74. The Balaban J connectivity index is 1.49. The van der Waals surface area contributed by atoms with Crippen molar-refractivity contribution in [1.82, 2.24) is 25.4 Å². The predicted octanol–water partition coefficient (Wildman–Crippen LogP) is 2.48. The Morgan fingerprint density at radius 1 is 1.29 bits per heavy atom. The standard InChI is InChI=1S/C21H24N8OS/c1-21(6-2-4-15-16(21)13(12-22)17(23)31-15)19-27-18(28-30-19)14-5-8-25-20(26-14)29-10-3-7-24-9-11-29/h5,8,24H,2-4,6-7,9-11,23H2,1H3/t21-/m0/s1. The molecule has 5 rings (SSSR count). The summed E-state index contributed by atoms with van der Waals surface area (Å²) in [6, 6.07) is 4.08. The molecule has 3 N–H and O–H groups in total. The van der Waals surface area contributed by atoms with Gasteiger partial charge in [0.25, 0.3) is 0 Å².